The molecule has 16 heavy (non-hydrogen) atoms. The summed E-state index contributed by atoms with van der Waals surface area (Å²) >= 11 is 1.12. The predicted octanol–water partition coefficient (Wildman–Crippen LogP) is 2.98. The van der Waals surface area contributed by atoms with Gasteiger partial charge < -0.3 is 5.32 Å². The molecule has 1 nitrogen and oxygen atoms in total. The van der Waals surface area contributed by atoms with Crippen molar-refractivity contribution in [3.05, 3.63) is 29.3 Å². The summed E-state index contributed by atoms with van der Waals surface area (Å²) in [5, 5.41) is 3.32. The predicted molar refractivity (Wildman–Crippen MR) is 62.9 cm³/mol. The molecule has 1 atom stereocenters. The van der Waals surface area contributed by atoms with Crippen LogP contribution in [0.2, 0.25) is 0 Å². The van der Waals surface area contributed by atoms with Crippen molar-refractivity contribution in [2.45, 2.75) is 30.2 Å². The topological polar surface area (TPSA) is 12.0 Å². The maximum Gasteiger partial charge on any atom is 0.142 e. The molecule has 4 heteroatoms. The highest BCUT2D eigenvalue weighted by Gasteiger charge is 2.19. The zero-order valence-corrected chi connectivity index (χ0v) is 10.0. The van der Waals surface area contributed by atoms with E-state index in [0.29, 0.717) is 18.0 Å². The summed E-state index contributed by atoms with van der Waals surface area (Å²) in [6.45, 7) is 1.00. The van der Waals surface area contributed by atoms with Crippen LogP contribution in [0.3, 0.4) is 0 Å². The van der Waals surface area contributed by atoms with Gasteiger partial charge in [-0.1, -0.05) is 6.07 Å². The molecule has 1 fully saturated rings. The lowest BCUT2D eigenvalue weighted by molar-refractivity contribution is 0.514. The molecule has 1 heterocycles. The third-order valence-electron chi connectivity index (χ3n) is 2.96. The molecule has 1 aromatic carbocycles. The molecule has 1 aliphatic heterocycles. The Morgan fingerprint density at radius 2 is 2.25 bits per heavy atom. The van der Waals surface area contributed by atoms with Gasteiger partial charge in [0.1, 0.15) is 11.6 Å². The Hall–Kier alpha value is -0.610. The minimum absolute atomic E-state index is 0.135. The Morgan fingerprint density at radius 3 is 2.88 bits per heavy atom. The molecule has 0 bridgehead atoms. The second-order valence-electron chi connectivity index (χ2n) is 4.05. The van der Waals surface area contributed by atoms with E-state index in [0.717, 1.165) is 31.1 Å². The van der Waals surface area contributed by atoms with Crippen molar-refractivity contribution in [1.82, 2.24) is 5.32 Å². The van der Waals surface area contributed by atoms with Crippen LogP contribution < -0.4 is 5.32 Å². The summed E-state index contributed by atoms with van der Waals surface area (Å²) in [5.41, 5.74) is 0.616. The smallest absolute Gasteiger partial charge is 0.142 e. The second kappa shape index (κ2) is 5.15. The number of halogens is 2. The largest absolute Gasteiger partial charge is 0.314 e. The van der Waals surface area contributed by atoms with E-state index in [2.05, 4.69) is 5.32 Å². The van der Waals surface area contributed by atoms with Crippen molar-refractivity contribution in [2.24, 2.45) is 0 Å². The van der Waals surface area contributed by atoms with Crippen LogP contribution >= 0.6 is 11.8 Å². The number of hydrogen-bond donors (Lipinski definition) is 1. The first-order valence-electron chi connectivity index (χ1n) is 5.46. The van der Waals surface area contributed by atoms with Crippen LogP contribution in [0, 0.1) is 11.6 Å². The number of benzene rings is 1. The fourth-order valence-electron chi connectivity index (χ4n) is 2.11. The Bertz CT molecular complexity index is 376. The molecule has 1 saturated heterocycles. The number of rotatable bonds is 3. The van der Waals surface area contributed by atoms with Crippen LogP contribution in [-0.2, 0) is 6.42 Å². The van der Waals surface area contributed by atoms with Gasteiger partial charge in [0.25, 0.3) is 0 Å². The molecule has 1 N–H and O–H groups in total. The number of thioether (sulfide) groups is 1. The molecule has 0 aliphatic carbocycles. The maximum atomic E-state index is 13.9. The molecule has 1 aromatic rings. The lowest BCUT2D eigenvalue weighted by Crippen LogP contribution is -2.24. The van der Waals surface area contributed by atoms with Crippen LogP contribution in [-0.4, -0.2) is 18.8 Å². The number of hydrogen-bond acceptors (Lipinski definition) is 2. The second-order valence-corrected chi connectivity index (χ2v) is 4.87. The average molecular weight is 243 g/mol. The molecular weight excluding hydrogens is 228 g/mol. The van der Waals surface area contributed by atoms with Crippen molar-refractivity contribution < 1.29 is 8.78 Å². The van der Waals surface area contributed by atoms with E-state index in [4.69, 9.17) is 0 Å². The molecule has 0 spiro atoms. The van der Waals surface area contributed by atoms with E-state index in [-0.39, 0.29) is 10.7 Å². The van der Waals surface area contributed by atoms with Gasteiger partial charge >= 0.3 is 0 Å². The molecular formula is C12H15F2NS. The molecule has 0 saturated carbocycles. The van der Waals surface area contributed by atoms with E-state index in [9.17, 15) is 8.78 Å². The standard InChI is InChI=1S/C12H15F2NS/c1-16-12-10(13)5-4-8(11(12)14)7-9-3-2-6-15-9/h4-5,9,15H,2-3,6-7H2,1H3. The Morgan fingerprint density at radius 1 is 1.44 bits per heavy atom. The first kappa shape index (κ1) is 11.9. The summed E-state index contributed by atoms with van der Waals surface area (Å²) < 4.78 is 27.2. The molecule has 1 unspecified atom stereocenters. The van der Waals surface area contributed by atoms with Gasteiger partial charge in [0.2, 0.25) is 0 Å². The lowest BCUT2D eigenvalue weighted by Gasteiger charge is -2.12. The molecule has 0 radical (unpaired) electrons. The van der Waals surface area contributed by atoms with Crippen molar-refractivity contribution in [1.29, 1.82) is 0 Å². The maximum absolute atomic E-state index is 13.9. The van der Waals surface area contributed by atoms with Gasteiger partial charge in [-0.2, -0.15) is 0 Å². The molecule has 2 rings (SSSR count). The Balaban J connectivity index is 2.20. The highest BCUT2D eigenvalue weighted by molar-refractivity contribution is 7.98. The fourth-order valence-corrected chi connectivity index (χ4v) is 2.69. The van der Waals surface area contributed by atoms with Crippen LogP contribution in [0.15, 0.2) is 17.0 Å². The Kier molecular flexibility index (Phi) is 3.82. The minimum Gasteiger partial charge on any atom is -0.314 e. The quantitative estimate of drug-likeness (QED) is 0.819. The summed E-state index contributed by atoms with van der Waals surface area (Å²) in [4.78, 5) is 0.135. The van der Waals surface area contributed by atoms with Crippen LogP contribution in [0.1, 0.15) is 18.4 Å². The molecule has 0 aromatic heterocycles. The van der Waals surface area contributed by atoms with Crippen molar-refractivity contribution in [3.63, 3.8) is 0 Å². The van der Waals surface area contributed by atoms with E-state index in [1.807, 2.05) is 0 Å². The van der Waals surface area contributed by atoms with E-state index in [1.54, 1.807) is 12.3 Å². The zero-order chi connectivity index (χ0) is 11.5. The normalized spacial score (nSPS) is 20.3. The highest BCUT2D eigenvalue weighted by atomic mass is 32.2. The summed E-state index contributed by atoms with van der Waals surface area (Å²) in [6, 6.07) is 3.26. The lowest BCUT2D eigenvalue weighted by atomic mass is 10.0. The molecule has 0 amide bonds. The minimum atomic E-state index is -0.465. The van der Waals surface area contributed by atoms with Crippen LogP contribution in [0.25, 0.3) is 0 Å². The summed E-state index contributed by atoms with van der Waals surface area (Å²) in [5.74, 6) is -0.852. The van der Waals surface area contributed by atoms with Gasteiger partial charge in [0, 0.05) is 6.04 Å². The molecule has 1 aliphatic rings. The third kappa shape index (κ3) is 2.38. The van der Waals surface area contributed by atoms with Crippen molar-refractivity contribution >= 4 is 11.8 Å². The van der Waals surface area contributed by atoms with Crippen molar-refractivity contribution in [3.8, 4) is 0 Å². The van der Waals surface area contributed by atoms with E-state index < -0.39 is 5.82 Å². The zero-order valence-electron chi connectivity index (χ0n) is 9.22. The summed E-state index contributed by atoms with van der Waals surface area (Å²) in [6.07, 6.45) is 4.56. The van der Waals surface area contributed by atoms with Gasteiger partial charge in [0.15, 0.2) is 0 Å². The SMILES string of the molecule is CSc1c(F)ccc(CC2CCCN2)c1F. The van der Waals surface area contributed by atoms with Crippen molar-refractivity contribution in [2.75, 3.05) is 12.8 Å². The van der Waals surface area contributed by atoms with E-state index >= 15 is 0 Å². The van der Waals surface area contributed by atoms with Gasteiger partial charge in [-0.25, -0.2) is 8.78 Å². The highest BCUT2D eigenvalue weighted by Crippen LogP contribution is 2.26. The molecule has 88 valence electrons. The monoisotopic (exact) mass is 243 g/mol. The van der Waals surface area contributed by atoms with Crippen LogP contribution in [0.4, 0.5) is 8.78 Å². The average Bonchev–Trinajstić information content (AvgIpc) is 2.76. The first-order valence-corrected chi connectivity index (χ1v) is 6.69. The van der Waals surface area contributed by atoms with Crippen LogP contribution in [0.5, 0.6) is 0 Å². The fraction of sp³-hybridized carbons (Fsp3) is 0.500. The van der Waals surface area contributed by atoms with E-state index in [1.165, 1.54) is 6.07 Å². The van der Waals surface area contributed by atoms with Gasteiger partial charge in [-0.15, -0.1) is 11.8 Å². The Labute approximate surface area is 98.6 Å². The van der Waals surface area contributed by atoms with Gasteiger partial charge in [0.05, 0.1) is 4.90 Å². The van der Waals surface area contributed by atoms with Gasteiger partial charge in [-0.05, 0) is 43.7 Å². The van der Waals surface area contributed by atoms with Gasteiger partial charge in [-0.3, -0.25) is 0 Å². The number of nitrogens with one attached hydrogen (secondary N) is 1. The first-order chi connectivity index (χ1) is 7.72. The third-order valence-corrected chi connectivity index (χ3v) is 3.74. The summed E-state index contributed by atoms with van der Waals surface area (Å²) in [7, 11) is 0.